The zero-order valence-electron chi connectivity index (χ0n) is 8.30. The quantitative estimate of drug-likeness (QED) is 0.721. The highest BCUT2D eigenvalue weighted by atomic mass is 32.2. The highest BCUT2D eigenvalue weighted by Gasteiger charge is 2.22. The van der Waals surface area contributed by atoms with Gasteiger partial charge >= 0.3 is 5.97 Å². The SMILES string of the molecule is CC(=O)S(=O)(=O)c1ccc(N)c(C(=O)O)c1. The summed E-state index contributed by atoms with van der Waals surface area (Å²) in [6, 6.07) is 3.10. The van der Waals surface area contributed by atoms with Gasteiger partial charge in [0.2, 0.25) is 15.0 Å². The van der Waals surface area contributed by atoms with Gasteiger partial charge in [0, 0.05) is 12.6 Å². The molecule has 0 spiro atoms. The van der Waals surface area contributed by atoms with E-state index in [9.17, 15) is 18.0 Å². The number of benzene rings is 1. The van der Waals surface area contributed by atoms with Gasteiger partial charge in [0.25, 0.3) is 0 Å². The number of carbonyl (C=O) groups is 2. The number of hydrogen-bond donors (Lipinski definition) is 2. The zero-order chi connectivity index (χ0) is 12.5. The number of sulfone groups is 1. The van der Waals surface area contributed by atoms with Crippen LogP contribution in [0.25, 0.3) is 0 Å². The van der Waals surface area contributed by atoms with Crippen molar-refractivity contribution in [3.63, 3.8) is 0 Å². The second-order valence-corrected chi connectivity index (χ2v) is 5.10. The highest BCUT2D eigenvalue weighted by Crippen LogP contribution is 2.19. The summed E-state index contributed by atoms with van der Waals surface area (Å²) < 4.78 is 22.9. The topological polar surface area (TPSA) is 115 Å². The molecule has 0 aliphatic rings. The Labute approximate surface area is 91.6 Å². The summed E-state index contributed by atoms with van der Waals surface area (Å²) in [5.74, 6) is -1.35. The molecule has 0 radical (unpaired) electrons. The van der Waals surface area contributed by atoms with Crippen molar-refractivity contribution in [2.24, 2.45) is 0 Å². The molecule has 0 fully saturated rings. The molecule has 3 N–H and O–H groups in total. The van der Waals surface area contributed by atoms with Gasteiger partial charge in [-0.2, -0.15) is 0 Å². The molecule has 0 aliphatic carbocycles. The summed E-state index contributed by atoms with van der Waals surface area (Å²) in [7, 11) is -4.11. The monoisotopic (exact) mass is 243 g/mol. The maximum absolute atomic E-state index is 11.4. The molecule has 0 aliphatic heterocycles. The van der Waals surface area contributed by atoms with E-state index in [0.717, 1.165) is 25.1 Å². The predicted molar refractivity (Wildman–Crippen MR) is 55.7 cm³/mol. The molecule has 0 unspecified atom stereocenters. The average molecular weight is 243 g/mol. The van der Waals surface area contributed by atoms with Crippen molar-refractivity contribution in [3.05, 3.63) is 23.8 Å². The first-order valence-electron chi connectivity index (χ1n) is 4.15. The Balaban J connectivity index is 3.46. The lowest BCUT2D eigenvalue weighted by Crippen LogP contribution is -2.12. The Hall–Kier alpha value is -1.89. The Morgan fingerprint density at radius 1 is 1.31 bits per heavy atom. The molecule has 0 amide bonds. The van der Waals surface area contributed by atoms with E-state index in [4.69, 9.17) is 10.8 Å². The van der Waals surface area contributed by atoms with Crippen LogP contribution in [0.5, 0.6) is 0 Å². The first-order chi connectivity index (χ1) is 7.26. The molecule has 1 aromatic rings. The van der Waals surface area contributed by atoms with Crippen molar-refractivity contribution >= 4 is 26.6 Å². The minimum atomic E-state index is -4.11. The fourth-order valence-electron chi connectivity index (χ4n) is 1.05. The first kappa shape index (κ1) is 12.2. The predicted octanol–water partition coefficient (Wildman–Crippen LogP) is 0.287. The highest BCUT2D eigenvalue weighted by molar-refractivity contribution is 8.06. The van der Waals surface area contributed by atoms with Gasteiger partial charge in [0.15, 0.2) is 0 Å². The molecule has 16 heavy (non-hydrogen) atoms. The lowest BCUT2D eigenvalue weighted by Gasteiger charge is -2.04. The smallest absolute Gasteiger partial charge is 0.337 e. The van der Waals surface area contributed by atoms with Gasteiger partial charge in [-0.1, -0.05) is 0 Å². The van der Waals surface area contributed by atoms with Crippen LogP contribution in [-0.2, 0) is 14.6 Å². The Bertz CT molecular complexity index is 561. The van der Waals surface area contributed by atoms with Crippen molar-refractivity contribution < 1.29 is 23.1 Å². The maximum atomic E-state index is 11.4. The molecule has 1 rings (SSSR count). The Morgan fingerprint density at radius 2 is 1.88 bits per heavy atom. The van der Waals surface area contributed by atoms with Crippen molar-refractivity contribution in [2.45, 2.75) is 11.8 Å². The first-order valence-corrected chi connectivity index (χ1v) is 5.63. The van der Waals surface area contributed by atoms with E-state index in [2.05, 4.69) is 0 Å². The third-order valence-electron chi connectivity index (χ3n) is 1.94. The van der Waals surface area contributed by atoms with Crippen LogP contribution in [0.2, 0.25) is 0 Å². The van der Waals surface area contributed by atoms with Gasteiger partial charge in [-0.15, -0.1) is 0 Å². The third kappa shape index (κ3) is 2.03. The summed E-state index contributed by atoms with van der Waals surface area (Å²) in [5.41, 5.74) is 4.94. The number of carboxylic acids is 1. The van der Waals surface area contributed by atoms with Crippen LogP contribution < -0.4 is 5.73 Å². The number of rotatable bonds is 2. The van der Waals surface area contributed by atoms with E-state index in [1.165, 1.54) is 0 Å². The van der Waals surface area contributed by atoms with Gasteiger partial charge in [-0.05, 0) is 18.2 Å². The van der Waals surface area contributed by atoms with E-state index < -0.39 is 20.9 Å². The minimum Gasteiger partial charge on any atom is -0.478 e. The van der Waals surface area contributed by atoms with Crippen LogP contribution in [0.15, 0.2) is 23.1 Å². The van der Waals surface area contributed by atoms with Gasteiger partial charge in [0.05, 0.1) is 10.5 Å². The molecule has 0 bridgehead atoms. The van der Waals surface area contributed by atoms with E-state index >= 15 is 0 Å². The van der Waals surface area contributed by atoms with Gasteiger partial charge in [0.1, 0.15) is 0 Å². The van der Waals surface area contributed by atoms with Gasteiger partial charge in [-0.3, -0.25) is 4.79 Å². The number of nitrogens with two attached hydrogens (primary N) is 1. The normalized spacial score (nSPS) is 11.1. The summed E-state index contributed by atoms with van der Waals surface area (Å²) in [4.78, 5) is 21.2. The van der Waals surface area contributed by atoms with E-state index in [1.807, 2.05) is 0 Å². The largest absolute Gasteiger partial charge is 0.478 e. The summed E-state index contributed by atoms with van der Waals surface area (Å²) in [6.45, 7) is 0.895. The second-order valence-electron chi connectivity index (χ2n) is 3.05. The molecule has 86 valence electrons. The molecule has 0 saturated heterocycles. The van der Waals surface area contributed by atoms with Crippen LogP contribution in [0.1, 0.15) is 17.3 Å². The fourth-order valence-corrected chi connectivity index (χ4v) is 1.91. The average Bonchev–Trinajstić information content (AvgIpc) is 2.17. The van der Waals surface area contributed by atoms with Gasteiger partial charge < -0.3 is 10.8 Å². The van der Waals surface area contributed by atoms with Crippen LogP contribution >= 0.6 is 0 Å². The second kappa shape index (κ2) is 3.93. The lowest BCUT2D eigenvalue weighted by atomic mass is 10.2. The summed E-state index contributed by atoms with van der Waals surface area (Å²) >= 11 is 0. The molecular formula is C9H9NO5S. The summed E-state index contributed by atoms with van der Waals surface area (Å²) in [6.07, 6.45) is 0. The molecule has 0 atom stereocenters. The Kier molecular flexibility index (Phi) is 2.99. The van der Waals surface area contributed by atoms with E-state index in [1.54, 1.807) is 0 Å². The molecule has 6 nitrogen and oxygen atoms in total. The van der Waals surface area contributed by atoms with Crippen LogP contribution in [0, 0.1) is 0 Å². The summed E-state index contributed by atoms with van der Waals surface area (Å²) in [5, 5.41) is 7.69. The van der Waals surface area contributed by atoms with Gasteiger partial charge in [-0.25, -0.2) is 13.2 Å². The molecule has 7 heteroatoms. The molecule has 0 heterocycles. The molecular weight excluding hydrogens is 234 g/mol. The number of anilines is 1. The van der Waals surface area contributed by atoms with Crippen LogP contribution in [0.3, 0.4) is 0 Å². The lowest BCUT2D eigenvalue weighted by molar-refractivity contribution is -0.109. The number of carboxylic acid groups (broad SMARTS) is 1. The number of hydrogen-bond acceptors (Lipinski definition) is 5. The zero-order valence-corrected chi connectivity index (χ0v) is 9.11. The van der Waals surface area contributed by atoms with E-state index in [-0.39, 0.29) is 16.1 Å². The standard InChI is InChI=1S/C9H9NO5S/c1-5(11)16(14,15)6-2-3-8(10)7(4-6)9(12)13/h2-4H,10H2,1H3,(H,12,13). The van der Waals surface area contributed by atoms with Crippen molar-refractivity contribution in [2.75, 3.05) is 5.73 Å². The number of carbonyl (C=O) groups excluding carboxylic acids is 1. The molecule has 0 saturated carbocycles. The third-order valence-corrected chi connectivity index (χ3v) is 3.58. The maximum Gasteiger partial charge on any atom is 0.337 e. The Morgan fingerprint density at radius 3 is 2.31 bits per heavy atom. The fraction of sp³-hybridized carbons (Fsp3) is 0.111. The number of aromatic carboxylic acids is 1. The number of nitrogen functional groups attached to an aromatic ring is 1. The molecule has 1 aromatic carbocycles. The van der Waals surface area contributed by atoms with Crippen molar-refractivity contribution in [1.29, 1.82) is 0 Å². The molecule has 0 aromatic heterocycles. The van der Waals surface area contributed by atoms with E-state index in [0.29, 0.717) is 0 Å². The van der Waals surface area contributed by atoms with Crippen molar-refractivity contribution in [3.8, 4) is 0 Å². The minimum absolute atomic E-state index is 0.0602. The van der Waals surface area contributed by atoms with Crippen LogP contribution in [-0.4, -0.2) is 24.6 Å². The van der Waals surface area contributed by atoms with Crippen LogP contribution in [0.4, 0.5) is 5.69 Å². The van der Waals surface area contributed by atoms with Crippen molar-refractivity contribution in [1.82, 2.24) is 0 Å².